The molecule has 10 heteroatoms. The molecule has 152 valence electrons. The van der Waals surface area contributed by atoms with Crippen molar-refractivity contribution in [2.24, 2.45) is 0 Å². The molecule has 0 saturated carbocycles. The number of carbonyl (C=O) groups excluding carboxylic acids is 1. The van der Waals surface area contributed by atoms with Crippen LogP contribution < -0.4 is 5.32 Å². The van der Waals surface area contributed by atoms with Crippen LogP contribution >= 0.6 is 0 Å². The lowest BCUT2D eigenvalue weighted by atomic mass is 10.1. The Balaban J connectivity index is 2.25. The van der Waals surface area contributed by atoms with E-state index in [1.54, 1.807) is 0 Å². The highest BCUT2D eigenvalue weighted by molar-refractivity contribution is 7.89. The van der Waals surface area contributed by atoms with Gasteiger partial charge in [0.25, 0.3) is 0 Å². The molecule has 0 aliphatic rings. The van der Waals surface area contributed by atoms with Crippen molar-refractivity contribution in [2.45, 2.75) is 24.9 Å². The summed E-state index contributed by atoms with van der Waals surface area (Å²) < 4.78 is 78.6. The van der Waals surface area contributed by atoms with Gasteiger partial charge in [0.2, 0.25) is 15.9 Å². The number of hydrogen-bond donors (Lipinski definition) is 1. The number of benzene rings is 2. The monoisotopic (exact) mass is 418 g/mol. The highest BCUT2D eigenvalue weighted by atomic mass is 32.2. The summed E-state index contributed by atoms with van der Waals surface area (Å²) in [6, 6.07) is 7.49. The van der Waals surface area contributed by atoms with E-state index < -0.39 is 45.7 Å². The molecule has 0 heterocycles. The Labute approximate surface area is 160 Å². The Kier molecular flexibility index (Phi) is 6.45. The number of sulfonamides is 1. The third-order valence-corrected chi connectivity index (χ3v) is 6.02. The molecule has 0 aromatic heterocycles. The molecule has 0 unspecified atom stereocenters. The van der Waals surface area contributed by atoms with Gasteiger partial charge >= 0.3 is 6.18 Å². The number of halogens is 4. The number of hydrogen-bond acceptors (Lipinski definition) is 3. The van der Waals surface area contributed by atoms with Crippen molar-refractivity contribution in [3.63, 3.8) is 0 Å². The summed E-state index contributed by atoms with van der Waals surface area (Å²) in [4.78, 5) is 12.1. The maximum atomic E-state index is 13.2. The Morgan fingerprint density at radius 3 is 2.36 bits per heavy atom. The number of likely N-dealkylation sites (N-methyl/N-ethyl adjacent to an activating group) is 1. The van der Waals surface area contributed by atoms with Gasteiger partial charge in [0.15, 0.2) is 0 Å². The zero-order chi connectivity index (χ0) is 21.1. The Morgan fingerprint density at radius 1 is 1.14 bits per heavy atom. The lowest BCUT2D eigenvalue weighted by Gasteiger charge is -2.21. The van der Waals surface area contributed by atoms with Crippen LogP contribution in [0.2, 0.25) is 0 Å². The molecule has 1 N–H and O–H groups in total. The van der Waals surface area contributed by atoms with Crippen LogP contribution in [0.15, 0.2) is 47.4 Å². The highest BCUT2D eigenvalue weighted by Crippen LogP contribution is 2.34. The minimum absolute atomic E-state index is 0.104. The molecule has 0 aliphatic heterocycles. The molecule has 2 aromatic rings. The van der Waals surface area contributed by atoms with E-state index in [1.165, 1.54) is 26.0 Å². The molecule has 0 saturated heterocycles. The Bertz CT molecular complexity index is 975. The van der Waals surface area contributed by atoms with E-state index in [0.29, 0.717) is 0 Å². The van der Waals surface area contributed by atoms with E-state index in [-0.39, 0.29) is 17.0 Å². The highest BCUT2D eigenvalue weighted by Gasteiger charge is 2.34. The molecule has 2 rings (SSSR count). The van der Waals surface area contributed by atoms with Gasteiger partial charge < -0.3 is 5.32 Å². The maximum Gasteiger partial charge on any atom is 0.418 e. The SMILES string of the molecule is CCN(CC(=O)Nc1ccccc1C(F)(F)F)S(=O)(=O)c1ccc(F)cc1C. The van der Waals surface area contributed by atoms with Crippen LogP contribution in [-0.4, -0.2) is 31.7 Å². The predicted molar refractivity (Wildman–Crippen MR) is 95.6 cm³/mol. The van der Waals surface area contributed by atoms with E-state index >= 15 is 0 Å². The molecule has 5 nitrogen and oxygen atoms in total. The second kappa shape index (κ2) is 8.27. The minimum Gasteiger partial charge on any atom is -0.324 e. The van der Waals surface area contributed by atoms with E-state index in [2.05, 4.69) is 5.32 Å². The predicted octanol–water partition coefficient (Wildman–Crippen LogP) is 3.80. The zero-order valence-corrected chi connectivity index (χ0v) is 15.9. The van der Waals surface area contributed by atoms with Gasteiger partial charge in [0, 0.05) is 6.54 Å². The van der Waals surface area contributed by atoms with Crippen LogP contribution in [0.5, 0.6) is 0 Å². The van der Waals surface area contributed by atoms with Crippen molar-refractivity contribution in [2.75, 3.05) is 18.4 Å². The first-order valence-corrected chi connectivity index (χ1v) is 9.63. The number of nitrogens with one attached hydrogen (secondary N) is 1. The Morgan fingerprint density at radius 2 is 1.79 bits per heavy atom. The fraction of sp³-hybridized carbons (Fsp3) is 0.278. The smallest absolute Gasteiger partial charge is 0.324 e. The molecular formula is C18H18F4N2O3S. The number of amides is 1. The van der Waals surface area contributed by atoms with Gasteiger partial charge in [-0.3, -0.25) is 4.79 Å². The number of anilines is 1. The Hall–Kier alpha value is -2.46. The number of rotatable bonds is 6. The lowest BCUT2D eigenvalue weighted by Crippen LogP contribution is -2.38. The topological polar surface area (TPSA) is 66.5 Å². The third kappa shape index (κ3) is 4.87. The quantitative estimate of drug-likeness (QED) is 0.726. The molecule has 0 fully saturated rings. The molecule has 0 atom stereocenters. The van der Waals surface area contributed by atoms with Crippen molar-refractivity contribution in [3.05, 3.63) is 59.4 Å². The van der Waals surface area contributed by atoms with Crippen molar-refractivity contribution < 1.29 is 30.8 Å². The van der Waals surface area contributed by atoms with Crippen LogP contribution in [0, 0.1) is 12.7 Å². The number of nitrogens with zero attached hydrogens (tertiary/aromatic N) is 1. The van der Waals surface area contributed by atoms with Crippen molar-refractivity contribution in [3.8, 4) is 0 Å². The van der Waals surface area contributed by atoms with E-state index in [0.717, 1.165) is 34.6 Å². The molecule has 0 aliphatic carbocycles. The lowest BCUT2D eigenvalue weighted by molar-refractivity contribution is -0.137. The zero-order valence-electron chi connectivity index (χ0n) is 15.0. The van der Waals surface area contributed by atoms with Gasteiger partial charge in [-0.25, -0.2) is 12.8 Å². The molecule has 0 spiro atoms. The molecule has 28 heavy (non-hydrogen) atoms. The number of alkyl halides is 3. The molecule has 2 aromatic carbocycles. The summed E-state index contributed by atoms with van der Waals surface area (Å²) in [7, 11) is -4.14. The average molecular weight is 418 g/mol. The molecular weight excluding hydrogens is 400 g/mol. The third-order valence-electron chi connectivity index (χ3n) is 3.93. The fourth-order valence-electron chi connectivity index (χ4n) is 2.60. The second-order valence-electron chi connectivity index (χ2n) is 5.93. The molecule has 0 radical (unpaired) electrons. The first-order valence-electron chi connectivity index (χ1n) is 8.19. The first kappa shape index (κ1) is 21.8. The normalized spacial score (nSPS) is 12.2. The van der Waals surface area contributed by atoms with Gasteiger partial charge in [0.05, 0.1) is 22.7 Å². The van der Waals surface area contributed by atoms with Gasteiger partial charge in [-0.1, -0.05) is 19.1 Å². The van der Waals surface area contributed by atoms with E-state index in [4.69, 9.17) is 0 Å². The van der Waals surface area contributed by atoms with Crippen LogP contribution in [-0.2, 0) is 21.0 Å². The van der Waals surface area contributed by atoms with E-state index in [9.17, 15) is 30.8 Å². The van der Waals surface area contributed by atoms with Crippen LogP contribution in [0.25, 0.3) is 0 Å². The fourth-order valence-corrected chi connectivity index (χ4v) is 4.21. The number of aryl methyl sites for hydroxylation is 1. The average Bonchev–Trinajstić information content (AvgIpc) is 2.58. The summed E-state index contributed by atoms with van der Waals surface area (Å²) in [5.74, 6) is -1.54. The van der Waals surface area contributed by atoms with Gasteiger partial charge in [0.1, 0.15) is 5.82 Å². The number of para-hydroxylation sites is 1. The maximum absolute atomic E-state index is 13.2. The van der Waals surface area contributed by atoms with Crippen molar-refractivity contribution in [1.29, 1.82) is 0 Å². The summed E-state index contributed by atoms with van der Waals surface area (Å²) in [6.45, 7) is 2.09. The summed E-state index contributed by atoms with van der Waals surface area (Å²) in [5.41, 5.74) is -1.35. The number of carbonyl (C=O) groups is 1. The molecule has 0 bridgehead atoms. The van der Waals surface area contributed by atoms with Crippen LogP contribution in [0.3, 0.4) is 0 Å². The van der Waals surface area contributed by atoms with Gasteiger partial charge in [-0.15, -0.1) is 0 Å². The summed E-state index contributed by atoms with van der Waals surface area (Å²) >= 11 is 0. The second-order valence-corrected chi connectivity index (χ2v) is 7.84. The van der Waals surface area contributed by atoms with Crippen LogP contribution in [0.1, 0.15) is 18.1 Å². The van der Waals surface area contributed by atoms with Crippen molar-refractivity contribution in [1.82, 2.24) is 4.31 Å². The largest absolute Gasteiger partial charge is 0.418 e. The van der Waals surface area contributed by atoms with Crippen LogP contribution in [0.4, 0.5) is 23.2 Å². The summed E-state index contributed by atoms with van der Waals surface area (Å²) in [6.07, 6.45) is -4.67. The summed E-state index contributed by atoms with van der Waals surface area (Å²) in [5, 5.41) is 2.10. The molecule has 1 amide bonds. The first-order chi connectivity index (χ1) is 13.0. The minimum atomic E-state index is -4.67. The van der Waals surface area contributed by atoms with E-state index in [1.807, 2.05) is 0 Å². The van der Waals surface area contributed by atoms with Gasteiger partial charge in [-0.05, 0) is 42.8 Å². The van der Waals surface area contributed by atoms with Crippen molar-refractivity contribution >= 4 is 21.6 Å². The van der Waals surface area contributed by atoms with Gasteiger partial charge in [-0.2, -0.15) is 17.5 Å². The standard InChI is InChI=1S/C18H18F4N2O3S/c1-3-24(28(26,27)16-9-8-13(19)10-12(16)2)11-17(25)23-15-7-5-4-6-14(15)18(20,21)22/h4-10H,3,11H2,1-2H3,(H,23,25).